The zero-order valence-corrected chi connectivity index (χ0v) is 13.7. The molecule has 0 unspecified atom stereocenters. The molecular weight excluding hydrogens is 264 g/mol. The van der Waals surface area contributed by atoms with Gasteiger partial charge < -0.3 is 14.8 Å². The third-order valence-electron chi connectivity index (χ3n) is 3.36. The van der Waals surface area contributed by atoms with Crippen LogP contribution in [0.2, 0.25) is 0 Å². The van der Waals surface area contributed by atoms with Gasteiger partial charge in [-0.1, -0.05) is 26.0 Å². The molecule has 1 aromatic carbocycles. The maximum Gasteiger partial charge on any atom is 0.119 e. The molecule has 120 valence electrons. The Morgan fingerprint density at radius 2 is 1.90 bits per heavy atom. The maximum absolute atomic E-state index is 5.85. The topological polar surface area (TPSA) is 33.7 Å². The van der Waals surface area contributed by atoms with Crippen LogP contribution in [-0.2, 0) is 11.3 Å². The van der Waals surface area contributed by atoms with Gasteiger partial charge in [-0.05, 0) is 37.7 Å². The van der Waals surface area contributed by atoms with Crippen molar-refractivity contribution in [3.63, 3.8) is 0 Å². The standard InChI is InChI=1S/C17H30N2O2/c1-4-18-15-16-8-7-9-17(14-16)21-13-11-19(5-2)10-12-20-6-3/h7-9,14,18H,4-6,10-13,15H2,1-3H3. The number of likely N-dealkylation sites (N-methyl/N-ethyl adjacent to an activating group) is 1. The summed E-state index contributed by atoms with van der Waals surface area (Å²) in [5.74, 6) is 0.950. The lowest BCUT2D eigenvalue weighted by Gasteiger charge is -2.20. The van der Waals surface area contributed by atoms with E-state index in [4.69, 9.17) is 9.47 Å². The van der Waals surface area contributed by atoms with Crippen LogP contribution in [0, 0.1) is 0 Å². The van der Waals surface area contributed by atoms with Gasteiger partial charge in [-0.2, -0.15) is 0 Å². The average Bonchev–Trinajstić information content (AvgIpc) is 2.52. The molecule has 0 fully saturated rings. The summed E-state index contributed by atoms with van der Waals surface area (Å²) in [6.07, 6.45) is 0. The normalized spacial score (nSPS) is 11.0. The van der Waals surface area contributed by atoms with Crippen molar-refractivity contribution in [3.8, 4) is 5.75 Å². The van der Waals surface area contributed by atoms with Crippen molar-refractivity contribution < 1.29 is 9.47 Å². The van der Waals surface area contributed by atoms with Crippen molar-refractivity contribution in [1.82, 2.24) is 10.2 Å². The van der Waals surface area contributed by atoms with Gasteiger partial charge in [0.1, 0.15) is 12.4 Å². The summed E-state index contributed by atoms with van der Waals surface area (Å²) in [4.78, 5) is 2.35. The van der Waals surface area contributed by atoms with E-state index < -0.39 is 0 Å². The van der Waals surface area contributed by atoms with Crippen LogP contribution >= 0.6 is 0 Å². The van der Waals surface area contributed by atoms with E-state index in [1.54, 1.807) is 0 Å². The fourth-order valence-electron chi connectivity index (χ4n) is 2.07. The number of nitrogens with one attached hydrogen (secondary N) is 1. The first-order valence-electron chi connectivity index (χ1n) is 8.02. The van der Waals surface area contributed by atoms with E-state index >= 15 is 0 Å². The number of nitrogens with zero attached hydrogens (tertiary/aromatic N) is 1. The Hall–Kier alpha value is -1.10. The predicted octanol–water partition coefficient (Wildman–Crippen LogP) is 2.53. The Labute approximate surface area is 129 Å². The van der Waals surface area contributed by atoms with Gasteiger partial charge in [0, 0.05) is 26.2 Å². The van der Waals surface area contributed by atoms with Crippen LogP contribution in [0.25, 0.3) is 0 Å². The molecule has 1 rings (SSSR count). The van der Waals surface area contributed by atoms with Gasteiger partial charge in [-0.3, -0.25) is 4.90 Å². The Bertz CT molecular complexity index is 372. The summed E-state index contributed by atoms with van der Waals surface area (Å²) in [5, 5.41) is 3.33. The Balaban J connectivity index is 2.30. The minimum Gasteiger partial charge on any atom is -0.492 e. The van der Waals surface area contributed by atoms with E-state index in [-0.39, 0.29) is 0 Å². The lowest BCUT2D eigenvalue weighted by molar-refractivity contribution is 0.108. The molecule has 0 aromatic heterocycles. The van der Waals surface area contributed by atoms with E-state index in [2.05, 4.69) is 42.3 Å². The molecule has 0 bridgehead atoms. The minimum absolute atomic E-state index is 0.713. The summed E-state index contributed by atoms with van der Waals surface area (Å²) in [7, 11) is 0. The van der Waals surface area contributed by atoms with Crippen LogP contribution in [0.3, 0.4) is 0 Å². The van der Waals surface area contributed by atoms with Gasteiger partial charge >= 0.3 is 0 Å². The van der Waals surface area contributed by atoms with Gasteiger partial charge in [0.05, 0.1) is 6.61 Å². The molecule has 21 heavy (non-hydrogen) atoms. The molecule has 4 nitrogen and oxygen atoms in total. The Kier molecular flexibility index (Phi) is 9.87. The second-order valence-corrected chi connectivity index (χ2v) is 4.91. The average molecular weight is 294 g/mol. The predicted molar refractivity (Wildman–Crippen MR) is 87.9 cm³/mol. The first-order valence-corrected chi connectivity index (χ1v) is 8.02. The van der Waals surface area contributed by atoms with Crippen molar-refractivity contribution in [1.29, 1.82) is 0 Å². The third-order valence-corrected chi connectivity index (χ3v) is 3.36. The van der Waals surface area contributed by atoms with Crippen LogP contribution in [0.4, 0.5) is 0 Å². The van der Waals surface area contributed by atoms with E-state index in [1.807, 2.05) is 13.0 Å². The highest BCUT2D eigenvalue weighted by Crippen LogP contribution is 2.13. The zero-order chi connectivity index (χ0) is 15.3. The third kappa shape index (κ3) is 8.05. The molecule has 0 saturated carbocycles. The summed E-state index contributed by atoms with van der Waals surface area (Å²) in [6.45, 7) is 13.4. The Morgan fingerprint density at radius 3 is 2.62 bits per heavy atom. The molecule has 0 amide bonds. The van der Waals surface area contributed by atoms with E-state index in [0.29, 0.717) is 6.61 Å². The lowest BCUT2D eigenvalue weighted by Crippen LogP contribution is -2.31. The molecule has 0 saturated heterocycles. The number of rotatable bonds is 12. The lowest BCUT2D eigenvalue weighted by atomic mass is 10.2. The van der Waals surface area contributed by atoms with E-state index in [1.165, 1.54) is 5.56 Å². The van der Waals surface area contributed by atoms with Gasteiger partial charge in [-0.25, -0.2) is 0 Å². The molecule has 0 aliphatic carbocycles. The number of benzene rings is 1. The minimum atomic E-state index is 0.713. The van der Waals surface area contributed by atoms with Crippen molar-refractivity contribution >= 4 is 0 Å². The van der Waals surface area contributed by atoms with E-state index in [0.717, 1.165) is 51.7 Å². The van der Waals surface area contributed by atoms with Crippen LogP contribution < -0.4 is 10.1 Å². The Morgan fingerprint density at radius 1 is 1.10 bits per heavy atom. The quantitative estimate of drug-likeness (QED) is 0.601. The second kappa shape index (κ2) is 11.5. The van der Waals surface area contributed by atoms with Crippen molar-refractivity contribution in [2.75, 3.05) is 46.0 Å². The zero-order valence-electron chi connectivity index (χ0n) is 13.7. The molecule has 4 heteroatoms. The highest BCUT2D eigenvalue weighted by molar-refractivity contribution is 5.28. The molecule has 0 aliphatic heterocycles. The first-order chi connectivity index (χ1) is 10.3. The molecule has 0 atom stereocenters. The van der Waals surface area contributed by atoms with Crippen LogP contribution in [0.1, 0.15) is 26.3 Å². The number of hydrogen-bond donors (Lipinski definition) is 1. The van der Waals surface area contributed by atoms with Gasteiger partial charge in [0.25, 0.3) is 0 Å². The van der Waals surface area contributed by atoms with Crippen LogP contribution in [-0.4, -0.2) is 50.9 Å². The fourth-order valence-corrected chi connectivity index (χ4v) is 2.07. The summed E-state index contributed by atoms with van der Waals surface area (Å²) >= 11 is 0. The van der Waals surface area contributed by atoms with Gasteiger partial charge in [0.15, 0.2) is 0 Å². The molecule has 1 N–H and O–H groups in total. The van der Waals surface area contributed by atoms with E-state index in [9.17, 15) is 0 Å². The molecule has 1 aromatic rings. The highest BCUT2D eigenvalue weighted by atomic mass is 16.5. The summed E-state index contributed by atoms with van der Waals surface area (Å²) in [6, 6.07) is 8.30. The molecule has 0 radical (unpaired) electrons. The smallest absolute Gasteiger partial charge is 0.119 e. The van der Waals surface area contributed by atoms with Crippen molar-refractivity contribution in [3.05, 3.63) is 29.8 Å². The molecule has 0 aliphatic rings. The first kappa shape index (κ1) is 18.0. The largest absolute Gasteiger partial charge is 0.492 e. The van der Waals surface area contributed by atoms with Gasteiger partial charge in [0.2, 0.25) is 0 Å². The van der Waals surface area contributed by atoms with Crippen LogP contribution in [0.15, 0.2) is 24.3 Å². The summed E-state index contributed by atoms with van der Waals surface area (Å²) in [5.41, 5.74) is 1.26. The fraction of sp³-hybridized carbons (Fsp3) is 0.647. The SMILES string of the molecule is CCNCc1cccc(OCCN(CC)CCOCC)c1. The maximum atomic E-state index is 5.85. The number of ether oxygens (including phenoxy) is 2. The van der Waals surface area contributed by atoms with Crippen molar-refractivity contribution in [2.45, 2.75) is 27.3 Å². The van der Waals surface area contributed by atoms with Gasteiger partial charge in [-0.15, -0.1) is 0 Å². The second-order valence-electron chi connectivity index (χ2n) is 4.91. The van der Waals surface area contributed by atoms with Crippen molar-refractivity contribution in [2.24, 2.45) is 0 Å². The number of hydrogen-bond acceptors (Lipinski definition) is 4. The van der Waals surface area contributed by atoms with Crippen LogP contribution in [0.5, 0.6) is 5.75 Å². The molecular formula is C17H30N2O2. The summed E-state index contributed by atoms with van der Waals surface area (Å²) < 4.78 is 11.2. The molecule has 0 spiro atoms. The highest BCUT2D eigenvalue weighted by Gasteiger charge is 2.03. The monoisotopic (exact) mass is 294 g/mol. The molecule has 0 heterocycles.